The summed E-state index contributed by atoms with van der Waals surface area (Å²) in [7, 11) is -2.24. The first-order valence-electron chi connectivity index (χ1n) is 8.94. The second kappa shape index (κ2) is 8.15. The Morgan fingerprint density at radius 1 is 1.17 bits per heavy atom. The monoisotopic (exact) mass is 430 g/mol. The van der Waals surface area contributed by atoms with Gasteiger partial charge in [-0.1, -0.05) is 12.1 Å². The van der Waals surface area contributed by atoms with Crippen LogP contribution in [0, 0.1) is 6.92 Å². The normalized spacial score (nSPS) is 16.6. The van der Waals surface area contributed by atoms with Crippen LogP contribution in [0.15, 0.2) is 41.6 Å². The number of hydrogen-bond acceptors (Lipinski definition) is 6. The fourth-order valence-corrected chi connectivity index (χ4v) is 4.89. The molecule has 0 spiro atoms. The van der Waals surface area contributed by atoms with Gasteiger partial charge in [0.15, 0.2) is 0 Å². The number of aryl methyl sites for hydroxylation is 1. The lowest BCUT2D eigenvalue weighted by Gasteiger charge is -2.36. The van der Waals surface area contributed by atoms with Gasteiger partial charge in [0.25, 0.3) is 0 Å². The zero-order valence-electron chi connectivity index (χ0n) is 15.9. The van der Waals surface area contributed by atoms with Crippen LogP contribution in [0.2, 0.25) is 0 Å². The minimum absolute atomic E-state index is 0.0532. The van der Waals surface area contributed by atoms with Gasteiger partial charge in [0.05, 0.1) is 0 Å². The van der Waals surface area contributed by atoms with Crippen molar-refractivity contribution in [2.45, 2.75) is 37.1 Å². The van der Waals surface area contributed by atoms with Crippen LogP contribution in [0.4, 0.5) is 19.0 Å². The lowest BCUT2D eigenvalue weighted by Crippen LogP contribution is -2.46. The number of rotatable bonds is 5. The minimum Gasteiger partial charge on any atom is -0.404 e. The van der Waals surface area contributed by atoms with E-state index in [0.717, 1.165) is 23.6 Å². The summed E-state index contributed by atoms with van der Waals surface area (Å²) in [5.41, 5.74) is 0.822. The quantitative estimate of drug-likeness (QED) is 0.726. The van der Waals surface area contributed by atoms with Gasteiger partial charge >= 0.3 is 6.36 Å². The molecule has 1 fully saturated rings. The Kier molecular flexibility index (Phi) is 5.99. The third-order valence-electron chi connectivity index (χ3n) is 4.81. The highest BCUT2D eigenvalue weighted by Gasteiger charge is 2.37. The van der Waals surface area contributed by atoms with Crippen LogP contribution in [0.3, 0.4) is 0 Å². The number of sulfonamides is 1. The molecule has 1 aromatic heterocycles. The number of piperidine rings is 1. The number of anilines is 1. The molecule has 1 saturated heterocycles. The van der Waals surface area contributed by atoms with Crippen molar-refractivity contribution in [3.05, 3.63) is 42.4 Å². The fraction of sp³-hybridized carbons (Fsp3) is 0.444. The summed E-state index contributed by atoms with van der Waals surface area (Å²) in [6.45, 7) is 2.22. The highest BCUT2D eigenvalue weighted by Crippen LogP contribution is 2.33. The molecule has 3 rings (SSSR count). The average Bonchev–Trinajstić information content (AvgIpc) is 2.66. The van der Waals surface area contributed by atoms with E-state index >= 15 is 0 Å². The molecule has 0 N–H and O–H groups in total. The highest BCUT2D eigenvalue weighted by atomic mass is 32.2. The first kappa shape index (κ1) is 21.3. The molecule has 29 heavy (non-hydrogen) atoms. The molecule has 0 unspecified atom stereocenters. The van der Waals surface area contributed by atoms with Gasteiger partial charge in [-0.15, -0.1) is 13.2 Å². The molecule has 1 aromatic carbocycles. The molecule has 0 radical (unpaired) electrons. The predicted molar refractivity (Wildman–Crippen MR) is 100 cm³/mol. The second-order valence-electron chi connectivity index (χ2n) is 6.76. The highest BCUT2D eigenvalue weighted by molar-refractivity contribution is 7.89. The van der Waals surface area contributed by atoms with Crippen molar-refractivity contribution >= 4 is 15.8 Å². The van der Waals surface area contributed by atoms with Gasteiger partial charge in [0.1, 0.15) is 22.8 Å². The van der Waals surface area contributed by atoms with Gasteiger partial charge in [-0.2, -0.15) is 4.31 Å². The first-order valence-corrected chi connectivity index (χ1v) is 10.4. The Balaban J connectivity index is 1.74. The maximum absolute atomic E-state index is 12.9. The number of aromatic nitrogens is 2. The van der Waals surface area contributed by atoms with Crippen LogP contribution in [0.1, 0.15) is 18.5 Å². The predicted octanol–water partition coefficient (Wildman–Crippen LogP) is 2.97. The van der Waals surface area contributed by atoms with E-state index in [1.165, 1.54) is 22.8 Å². The number of alkyl halides is 3. The maximum Gasteiger partial charge on any atom is 0.573 e. The van der Waals surface area contributed by atoms with Crippen molar-refractivity contribution in [1.29, 1.82) is 0 Å². The van der Waals surface area contributed by atoms with Gasteiger partial charge in [0.2, 0.25) is 10.0 Å². The lowest BCUT2D eigenvalue weighted by molar-refractivity contribution is -0.275. The third-order valence-corrected chi connectivity index (χ3v) is 6.75. The van der Waals surface area contributed by atoms with Crippen molar-refractivity contribution < 1.29 is 26.3 Å². The number of hydrogen-bond donors (Lipinski definition) is 0. The smallest absolute Gasteiger partial charge is 0.404 e. The third kappa shape index (κ3) is 4.96. The van der Waals surface area contributed by atoms with Gasteiger partial charge in [-0.25, -0.2) is 18.4 Å². The molecule has 1 aliphatic rings. The maximum atomic E-state index is 12.9. The molecule has 2 heterocycles. The van der Waals surface area contributed by atoms with Gasteiger partial charge in [0, 0.05) is 37.9 Å². The van der Waals surface area contributed by atoms with E-state index in [0.29, 0.717) is 12.8 Å². The summed E-state index contributed by atoms with van der Waals surface area (Å²) >= 11 is 0. The molecular formula is C18H21F3N4O3S. The van der Waals surface area contributed by atoms with E-state index in [1.54, 1.807) is 0 Å². The molecule has 1 aliphatic heterocycles. The Bertz CT molecular complexity index is 961. The summed E-state index contributed by atoms with van der Waals surface area (Å²) in [6.07, 6.45) is -2.47. The summed E-state index contributed by atoms with van der Waals surface area (Å²) < 4.78 is 68.9. The number of benzene rings is 1. The van der Waals surface area contributed by atoms with Crippen LogP contribution in [-0.4, -0.2) is 55.2 Å². The molecular weight excluding hydrogens is 409 g/mol. The zero-order valence-corrected chi connectivity index (χ0v) is 16.7. The van der Waals surface area contributed by atoms with Crippen molar-refractivity contribution in [1.82, 2.24) is 14.3 Å². The van der Waals surface area contributed by atoms with E-state index in [1.807, 2.05) is 24.9 Å². The zero-order chi connectivity index (χ0) is 21.2. The Hall–Kier alpha value is -2.40. The fourth-order valence-electron chi connectivity index (χ4n) is 3.30. The van der Waals surface area contributed by atoms with Crippen molar-refractivity contribution in [2.24, 2.45) is 0 Å². The van der Waals surface area contributed by atoms with Gasteiger partial charge in [-0.05, 0) is 31.9 Å². The lowest BCUT2D eigenvalue weighted by atomic mass is 10.1. The Labute approximate surface area is 167 Å². The van der Waals surface area contributed by atoms with E-state index in [4.69, 9.17) is 0 Å². The van der Waals surface area contributed by atoms with E-state index in [-0.39, 0.29) is 19.1 Å². The number of para-hydroxylation sites is 1. The Morgan fingerprint density at radius 2 is 1.83 bits per heavy atom. The molecule has 0 amide bonds. The SMILES string of the molecule is Cc1cc(N(C)C2CCN(S(=O)(=O)c3ccccc3OC(F)(F)F)CC2)ncn1. The van der Waals surface area contributed by atoms with Crippen molar-refractivity contribution in [2.75, 3.05) is 25.0 Å². The number of nitrogens with zero attached hydrogens (tertiary/aromatic N) is 4. The standard InChI is InChI=1S/C18H21F3N4O3S/c1-13-11-17(23-12-22-13)24(2)14-7-9-25(10-8-14)29(26,27)16-6-4-3-5-15(16)28-18(19,20)21/h3-6,11-12,14H,7-10H2,1-2H3. The van der Waals surface area contributed by atoms with E-state index < -0.39 is 27.0 Å². The average molecular weight is 430 g/mol. The van der Waals surface area contributed by atoms with Crippen molar-refractivity contribution in [3.63, 3.8) is 0 Å². The van der Waals surface area contributed by atoms with Gasteiger partial charge < -0.3 is 9.64 Å². The molecule has 0 bridgehead atoms. The van der Waals surface area contributed by atoms with E-state index in [9.17, 15) is 21.6 Å². The summed E-state index contributed by atoms with van der Waals surface area (Å²) in [4.78, 5) is 9.78. The summed E-state index contributed by atoms with van der Waals surface area (Å²) in [6, 6.07) is 6.68. The first-order chi connectivity index (χ1) is 13.6. The van der Waals surface area contributed by atoms with E-state index in [2.05, 4.69) is 14.7 Å². The van der Waals surface area contributed by atoms with Gasteiger partial charge in [-0.3, -0.25) is 0 Å². The molecule has 11 heteroatoms. The summed E-state index contributed by atoms with van der Waals surface area (Å²) in [5, 5.41) is 0. The molecule has 0 aliphatic carbocycles. The van der Waals surface area contributed by atoms with Crippen LogP contribution >= 0.6 is 0 Å². The molecule has 0 atom stereocenters. The Morgan fingerprint density at radius 3 is 2.45 bits per heavy atom. The topological polar surface area (TPSA) is 75.6 Å². The molecule has 158 valence electrons. The van der Waals surface area contributed by atoms with Crippen molar-refractivity contribution in [3.8, 4) is 5.75 Å². The molecule has 2 aromatic rings. The van der Waals surface area contributed by atoms with Crippen LogP contribution < -0.4 is 9.64 Å². The van der Waals surface area contributed by atoms with Crippen LogP contribution in [-0.2, 0) is 10.0 Å². The largest absolute Gasteiger partial charge is 0.573 e. The second-order valence-corrected chi connectivity index (χ2v) is 8.66. The number of ether oxygens (including phenoxy) is 1. The van der Waals surface area contributed by atoms with Crippen LogP contribution in [0.5, 0.6) is 5.75 Å². The summed E-state index contributed by atoms with van der Waals surface area (Å²) in [5.74, 6) is 0.0124. The minimum atomic E-state index is -4.98. The number of halogens is 3. The molecule has 0 saturated carbocycles. The molecule has 7 nitrogen and oxygen atoms in total. The van der Waals surface area contributed by atoms with Crippen LogP contribution in [0.25, 0.3) is 0 Å².